The van der Waals surface area contributed by atoms with Gasteiger partial charge in [-0.25, -0.2) is 14.5 Å². The van der Waals surface area contributed by atoms with Crippen molar-refractivity contribution in [3.05, 3.63) is 75.4 Å². The summed E-state index contributed by atoms with van der Waals surface area (Å²) in [6.07, 6.45) is 0. The predicted octanol–water partition coefficient (Wildman–Crippen LogP) is 5.21. The molecule has 2 heterocycles. The Kier molecular flexibility index (Phi) is 6.16. The Morgan fingerprint density at radius 1 is 1.16 bits per heavy atom. The molecule has 0 radical (unpaired) electrons. The molecule has 8 nitrogen and oxygen atoms in total. The van der Waals surface area contributed by atoms with Gasteiger partial charge in [0.2, 0.25) is 5.89 Å². The minimum Gasteiger partial charge on any atom is -0.495 e. The number of rotatable bonds is 6. The molecule has 0 saturated carbocycles. The highest BCUT2D eigenvalue weighted by Crippen LogP contribution is 2.27. The first kappa shape index (κ1) is 21.9. The molecule has 0 aliphatic carbocycles. The molecular weight excluding hydrogens is 455 g/mol. The lowest BCUT2D eigenvalue weighted by molar-refractivity contribution is 0.0459. The molecule has 2 aromatic carbocycles. The SMILES string of the molecule is COc1ccc(-n2nnc(C(=O)OCc3nc(-c4cccc(Cl)c4)oc3C)c2C)cc1Cl. The molecule has 0 saturated heterocycles. The Morgan fingerprint density at radius 2 is 1.97 bits per heavy atom. The van der Waals surface area contributed by atoms with Gasteiger partial charge < -0.3 is 13.9 Å². The van der Waals surface area contributed by atoms with E-state index < -0.39 is 5.97 Å². The second kappa shape index (κ2) is 9.02. The lowest BCUT2D eigenvalue weighted by atomic mass is 10.2. The van der Waals surface area contributed by atoms with E-state index in [1.807, 2.05) is 6.07 Å². The van der Waals surface area contributed by atoms with Gasteiger partial charge in [0.1, 0.15) is 23.8 Å². The van der Waals surface area contributed by atoms with Crippen LogP contribution in [0.3, 0.4) is 0 Å². The highest BCUT2D eigenvalue weighted by molar-refractivity contribution is 6.32. The van der Waals surface area contributed by atoms with Crippen molar-refractivity contribution < 1.29 is 18.7 Å². The summed E-state index contributed by atoms with van der Waals surface area (Å²) in [5, 5.41) is 9.00. The van der Waals surface area contributed by atoms with E-state index in [0.717, 1.165) is 5.56 Å². The number of carbonyl (C=O) groups excluding carboxylic acids is 1. The minimum absolute atomic E-state index is 0.0740. The average molecular weight is 473 g/mol. The molecule has 4 aromatic rings. The van der Waals surface area contributed by atoms with Gasteiger partial charge in [0.15, 0.2) is 5.69 Å². The van der Waals surface area contributed by atoms with Gasteiger partial charge in [-0.05, 0) is 50.2 Å². The van der Waals surface area contributed by atoms with Crippen molar-refractivity contribution >= 4 is 29.2 Å². The van der Waals surface area contributed by atoms with E-state index in [2.05, 4.69) is 15.3 Å². The van der Waals surface area contributed by atoms with Crippen molar-refractivity contribution in [1.29, 1.82) is 0 Å². The quantitative estimate of drug-likeness (QED) is 0.355. The van der Waals surface area contributed by atoms with Crippen LogP contribution in [-0.4, -0.2) is 33.1 Å². The lowest BCUT2D eigenvalue weighted by Gasteiger charge is -2.07. The van der Waals surface area contributed by atoms with E-state index >= 15 is 0 Å². The predicted molar refractivity (Wildman–Crippen MR) is 118 cm³/mol. The maximum atomic E-state index is 12.6. The monoisotopic (exact) mass is 472 g/mol. The highest BCUT2D eigenvalue weighted by Gasteiger charge is 2.21. The fraction of sp³-hybridized carbons (Fsp3) is 0.182. The number of hydrogen-bond donors (Lipinski definition) is 0. The van der Waals surface area contributed by atoms with E-state index in [-0.39, 0.29) is 12.3 Å². The highest BCUT2D eigenvalue weighted by atomic mass is 35.5. The second-order valence-corrected chi connectivity index (χ2v) is 7.71. The van der Waals surface area contributed by atoms with Crippen LogP contribution in [0.15, 0.2) is 46.9 Å². The number of methoxy groups -OCH3 is 1. The summed E-state index contributed by atoms with van der Waals surface area (Å²) in [6.45, 7) is 3.39. The van der Waals surface area contributed by atoms with Crippen LogP contribution in [0.2, 0.25) is 10.0 Å². The number of hydrogen-bond acceptors (Lipinski definition) is 7. The smallest absolute Gasteiger partial charge is 0.361 e. The molecule has 10 heteroatoms. The molecule has 2 aromatic heterocycles. The molecular formula is C22H18Cl2N4O4. The van der Waals surface area contributed by atoms with Crippen molar-refractivity contribution in [3.8, 4) is 22.9 Å². The summed E-state index contributed by atoms with van der Waals surface area (Å²) in [6, 6.07) is 12.3. The molecule has 0 atom stereocenters. The summed E-state index contributed by atoms with van der Waals surface area (Å²) < 4.78 is 17.8. The molecule has 0 unspecified atom stereocenters. The number of nitrogens with zero attached hydrogens (tertiary/aromatic N) is 4. The zero-order valence-corrected chi connectivity index (χ0v) is 18.9. The van der Waals surface area contributed by atoms with Gasteiger partial charge in [-0.1, -0.05) is 34.5 Å². The van der Waals surface area contributed by atoms with E-state index in [9.17, 15) is 4.79 Å². The standard InChI is InChI=1S/C22H18Cl2N4O4/c1-12-20(26-27-28(12)16-7-8-19(30-3)17(24)10-16)22(29)31-11-18-13(2)32-21(25-18)14-5-4-6-15(23)9-14/h4-10H,11H2,1-3H3. The van der Waals surface area contributed by atoms with Gasteiger partial charge in [-0.2, -0.15) is 0 Å². The maximum absolute atomic E-state index is 12.6. The third kappa shape index (κ3) is 4.32. The van der Waals surface area contributed by atoms with E-state index in [0.29, 0.717) is 44.5 Å². The van der Waals surface area contributed by atoms with Gasteiger partial charge in [0, 0.05) is 10.6 Å². The van der Waals surface area contributed by atoms with Gasteiger partial charge in [-0.3, -0.25) is 0 Å². The molecule has 32 heavy (non-hydrogen) atoms. The number of aryl methyl sites for hydroxylation is 1. The average Bonchev–Trinajstić information content (AvgIpc) is 3.34. The first-order valence-corrected chi connectivity index (χ1v) is 10.3. The van der Waals surface area contributed by atoms with Crippen LogP contribution in [0, 0.1) is 13.8 Å². The molecule has 0 aliphatic rings. The van der Waals surface area contributed by atoms with Crippen molar-refractivity contribution in [1.82, 2.24) is 20.0 Å². The van der Waals surface area contributed by atoms with Crippen LogP contribution in [-0.2, 0) is 11.3 Å². The molecule has 4 rings (SSSR count). The molecule has 0 spiro atoms. The number of carbonyl (C=O) groups is 1. The largest absolute Gasteiger partial charge is 0.495 e. The van der Waals surface area contributed by atoms with Crippen molar-refractivity contribution in [2.75, 3.05) is 7.11 Å². The third-order valence-corrected chi connectivity index (χ3v) is 5.30. The van der Waals surface area contributed by atoms with Gasteiger partial charge in [0.25, 0.3) is 0 Å². The lowest BCUT2D eigenvalue weighted by Crippen LogP contribution is -2.09. The maximum Gasteiger partial charge on any atom is 0.361 e. The molecule has 0 N–H and O–H groups in total. The number of esters is 1. The van der Waals surface area contributed by atoms with Crippen LogP contribution in [0.25, 0.3) is 17.1 Å². The summed E-state index contributed by atoms with van der Waals surface area (Å²) in [7, 11) is 1.53. The van der Waals surface area contributed by atoms with E-state index in [4.69, 9.17) is 37.1 Å². The van der Waals surface area contributed by atoms with Crippen LogP contribution >= 0.6 is 23.2 Å². The topological polar surface area (TPSA) is 92.3 Å². The normalized spacial score (nSPS) is 10.9. The summed E-state index contributed by atoms with van der Waals surface area (Å²) >= 11 is 12.2. The number of oxazole rings is 1. The molecule has 0 fully saturated rings. The van der Waals surface area contributed by atoms with Crippen molar-refractivity contribution in [2.24, 2.45) is 0 Å². The molecule has 0 bridgehead atoms. The van der Waals surface area contributed by atoms with Gasteiger partial charge in [0.05, 0.1) is 23.5 Å². The van der Waals surface area contributed by atoms with Crippen LogP contribution in [0.4, 0.5) is 0 Å². The minimum atomic E-state index is -0.625. The van der Waals surface area contributed by atoms with Crippen LogP contribution in [0.5, 0.6) is 5.75 Å². The van der Waals surface area contributed by atoms with Crippen LogP contribution in [0.1, 0.15) is 27.6 Å². The molecule has 0 aliphatic heterocycles. The van der Waals surface area contributed by atoms with E-state index in [1.165, 1.54) is 11.8 Å². The van der Waals surface area contributed by atoms with Gasteiger partial charge >= 0.3 is 5.97 Å². The summed E-state index contributed by atoms with van der Waals surface area (Å²) in [5.74, 6) is 0.851. The van der Waals surface area contributed by atoms with Crippen molar-refractivity contribution in [3.63, 3.8) is 0 Å². The fourth-order valence-corrected chi connectivity index (χ4v) is 3.50. The Bertz CT molecular complexity index is 1300. The molecule has 164 valence electrons. The first-order valence-electron chi connectivity index (χ1n) is 9.53. The Hall–Kier alpha value is -3.36. The Balaban J connectivity index is 1.49. The Morgan fingerprint density at radius 3 is 2.69 bits per heavy atom. The first-order chi connectivity index (χ1) is 15.4. The fourth-order valence-electron chi connectivity index (χ4n) is 3.06. The number of aromatic nitrogens is 4. The summed E-state index contributed by atoms with van der Waals surface area (Å²) in [5.41, 5.74) is 2.47. The second-order valence-electron chi connectivity index (χ2n) is 6.86. The third-order valence-electron chi connectivity index (χ3n) is 4.77. The summed E-state index contributed by atoms with van der Waals surface area (Å²) in [4.78, 5) is 17.0. The van der Waals surface area contributed by atoms with Gasteiger partial charge in [-0.15, -0.1) is 5.10 Å². The zero-order valence-electron chi connectivity index (χ0n) is 17.4. The number of ether oxygens (including phenoxy) is 2. The Labute approximate surface area is 193 Å². The molecule has 0 amide bonds. The van der Waals surface area contributed by atoms with Crippen molar-refractivity contribution in [2.45, 2.75) is 20.5 Å². The van der Waals surface area contributed by atoms with Crippen LogP contribution < -0.4 is 4.74 Å². The zero-order chi connectivity index (χ0) is 22.8. The van der Waals surface area contributed by atoms with E-state index in [1.54, 1.807) is 50.2 Å². The number of benzene rings is 2. The number of halogens is 2.